The molecule has 0 unspecified atom stereocenters. The molecule has 0 saturated heterocycles. The number of amides is 1. The summed E-state index contributed by atoms with van der Waals surface area (Å²) in [6, 6.07) is 6.23. The van der Waals surface area contributed by atoms with E-state index in [-0.39, 0.29) is 22.4 Å². The molecule has 1 amide bonds. The first-order valence-corrected chi connectivity index (χ1v) is 11.6. The highest BCUT2D eigenvalue weighted by Crippen LogP contribution is 2.30. The van der Waals surface area contributed by atoms with E-state index < -0.39 is 10.0 Å². The predicted molar refractivity (Wildman–Crippen MR) is 119 cm³/mol. The second-order valence-electron chi connectivity index (χ2n) is 6.22. The molecule has 0 aliphatic carbocycles. The van der Waals surface area contributed by atoms with E-state index in [1.807, 2.05) is 6.92 Å². The molecule has 8 nitrogen and oxygen atoms in total. The Morgan fingerprint density at radius 1 is 1.17 bits per heavy atom. The Hall–Kier alpha value is -2.69. The maximum Gasteiger partial charge on any atom is 0.265 e. The molecule has 0 atom stereocenters. The lowest BCUT2D eigenvalue weighted by Gasteiger charge is -2.10. The van der Waals surface area contributed by atoms with E-state index in [2.05, 4.69) is 20.0 Å². The van der Waals surface area contributed by atoms with Gasteiger partial charge in [0.2, 0.25) is 10.0 Å². The van der Waals surface area contributed by atoms with Crippen molar-refractivity contribution in [2.24, 2.45) is 0 Å². The molecule has 0 aliphatic rings. The number of anilines is 2. The van der Waals surface area contributed by atoms with E-state index in [0.29, 0.717) is 22.1 Å². The standard InChI is InChI=1S/C19H19ClN4O4S2/c1-4-30(26,27)24-14-6-12(20)5-13(7-14)23-19(25)17-8-16(11(2)29-17)18-21-9-15(28-3)10-22-18/h5-10,24H,4H2,1-3H3,(H,23,25). The number of nitrogens with one attached hydrogen (secondary N) is 2. The van der Waals surface area contributed by atoms with Gasteiger partial charge in [-0.25, -0.2) is 18.4 Å². The Morgan fingerprint density at radius 3 is 2.47 bits per heavy atom. The van der Waals surface area contributed by atoms with Crippen LogP contribution < -0.4 is 14.8 Å². The fourth-order valence-corrected chi connectivity index (χ4v) is 4.31. The van der Waals surface area contributed by atoms with E-state index in [4.69, 9.17) is 16.3 Å². The van der Waals surface area contributed by atoms with Crippen LogP contribution in [0.15, 0.2) is 36.7 Å². The van der Waals surface area contributed by atoms with Gasteiger partial charge in [-0.3, -0.25) is 9.52 Å². The normalized spacial score (nSPS) is 11.2. The Balaban J connectivity index is 1.82. The number of nitrogens with zero attached hydrogens (tertiary/aromatic N) is 2. The Labute approximate surface area is 183 Å². The fourth-order valence-electron chi connectivity index (χ4n) is 2.54. The minimum absolute atomic E-state index is 0.0775. The number of aryl methyl sites for hydroxylation is 1. The first kappa shape index (κ1) is 22.0. The monoisotopic (exact) mass is 466 g/mol. The molecule has 1 aromatic carbocycles. The second kappa shape index (κ2) is 8.99. The van der Waals surface area contributed by atoms with Gasteiger partial charge in [-0.15, -0.1) is 11.3 Å². The Kier molecular flexibility index (Phi) is 6.59. The maximum absolute atomic E-state index is 12.7. The van der Waals surface area contributed by atoms with Gasteiger partial charge in [0.1, 0.15) is 0 Å². The molecule has 0 spiro atoms. The Bertz CT molecular complexity index is 1180. The number of halogens is 1. The molecule has 30 heavy (non-hydrogen) atoms. The number of carbonyl (C=O) groups is 1. The van der Waals surface area contributed by atoms with E-state index >= 15 is 0 Å². The molecule has 2 N–H and O–H groups in total. The van der Waals surface area contributed by atoms with E-state index in [0.717, 1.165) is 10.4 Å². The molecule has 3 aromatic rings. The van der Waals surface area contributed by atoms with Gasteiger partial charge in [0.05, 0.1) is 35.8 Å². The number of carbonyl (C=O) groups excluding carboxylic acids is 1. The van der Waals surface area contributed by atoms with Gasteiger partial charge in [-0.1, -0.05) is 11.6 Å². The molecule has 0 aliphatic heterocycles. The number of sulfonamides is 1. The summed E-state index contributed by atoms with van der Waals surface area (Å²) in [7, 11) is -1.93. The second-order valence-corrected chi connectivity index (χ2v) is 9.92. The zero-order chi connectivity index (χ0) is 21.9. The Morgan fingerprint density at radius 2 is 1.83 bits per heavy atom. The minimum Gasteiger partial charge on any atom is -0.494 e. The molecule has 2 aromatic heterocycles. The van der Waals surface area contributed by atoms with Crippen molar-refractivity contribution in [2.45, 2.75) is 13.8 Å². The van der Waals surface area contributed by atoms with Crippen molar-refractivity contribution < 1.29 is 17.9 Å². The van der Waals surface area contributed by atoms with Gasteiger partial charge in [0.25, 0.3) is 5.91 Å². The van der Waals surface area contributed by atoms with Crippen molar-refractivity contribution in [3.8, 4) is 17.1 Å². The highest BCUT2D eigenvalue weighted by molar-refractivity contribution is 7.92. The van der Waals surface area contributed by atoms with Crippen LogP contribution in [0, 0.1) is 6.92 Å². The summed E-state index contributed by atoms with van der Waals surface area (Å²) in [4.78, 5) is 22.6. The van der Waals surface area contributed by atoms with Gasteiger partial charge in [-0.2, -0.15) is 0 Å². The number of methoxy groups -OCH3 is 1. The first-order valence-electron chi connectivity index (χ1n) is 8.80. The molecule has 0 fully saturated rings. The lowest BCUT2D eigenvalue weighted by atomic mass is 10.2. The number of rotatable bonds is 7. The van der Waals surface area contributed by atoms with Crippen molar-refractivity contribution in [3.05, 3.63) is 51.4 Å². The van der Waals surface area contributed by atoms with E-state index in [1.165, 1.54) is 43.6 Å². The molecule has 2 heterocycles. The van der Waals surface area contributed by atoms with E-state index in [9.17, 15) is 13.2 Å². The van der Waals surface area contributed by atoms with Gasteiger partial charge in [0.15, 0.2) is 11.6 Å². The van der Waals surface area contributed by atoms with Crippen molar-refractivity contribution in [1.29, 1.82) is 0 Å². The molecule has 11 heteroatoms. The summed E-state index contributed by atoms with van der Waals surface area (Å²) in [5.74, 6) is 0.600. The number of aromatic nitrogens is 2. The van der Waals surface area contributed by atoms with Gasteiger partial charge in [-0.05, 0) is 38.1 Å². The van der Waals surface area contributed by atoms with Crippen LogP contribution in [0.4, 0.5) is 11.4 Å². The summed E-state index contributed by atoms with van der Waals surface area (Å²) in [5.41, 5.74) is 1.39. The quantitative estimate of drug-likeness (QED) is 0.540. The van der Waals surface area contributed by atoms with Crippen molar-refractivity contribution >= 4 is 50.2 Å². The van der Waals surface area contributed by atoms with Crippen LogP contribution in [-0.2, 0) is 10.0 Å². The van der Waals surface area contributed by atoms with Crippen LogP contribution in [0.25, 0.3) is 11.4 Å². The summed E-state index contributed by atoms with van der Waals surface area (Å²) >= 11 is 7.38. The van der Waals surface area contributed by atoms with Crippen LogP contribution in [0.5, 0.6) is 5.75 Å². The predicted octanol–water partition coefficient (Wildman–Crippen LogP) is 4.19. The minimum atomic E-state index is -3.47. The average Bonchev–Trinajstić information content (AvgIpc) is 3.09. The third kappa shape index (κ3) is 5.26. The van der Waals surface area contributed by atoms with Crippen LogP contribution >= 0.6 is 22.9 Å². The zero-order valence-corrected chi connectivity index (χ0v) is 18.8. The van der Waals surface area contributed by atoms with Gasteiger partial charge >= 0.3 is 0 Å². The zero-order valence-electron chi connectivity index (χ0n) is 16.4. The summed E-state index contributed by atoms with van der Waals surface area (Å²) in [5, 5.41) is 3.03. The van der Waals surface area contributed by atoms with Crippen LogP contribution in [0.2, 0.25) is 5.02 Å². The summed E-state index contributed by atoms with van der Waals surface area (Å²) in [6.45, 7) is 3.40. The third-order valence-electron chi connectivity index (χ3n) is 4.06. The van der Waals surface area contributed by atoms with Gasteiger partial charge in [0, 0.05) is 21.2 Å². The van der Waals surface area contributed by atoms with Crippen molar-refractivity contribution in [3.63, 3.8) is 0 Å². The fraction of sp³-hybridized carbons (Fsp3) is 0.211. The van der Waals surface area contributed by atoms with Crippen LogP contribution in [0.1, 0.15) is 21.5 Å². The van der Waals surface area contributed by atoms with Crippen molar-refractivity contribution in [2.75, 3.05) is 22.9 Å². The van der Waals surface area contributed by atoms with Crippen molar-refractivity contribution in [1.82, 2.24) is 9.97 Å². The lowest BCUT2D eigenvalue weighted by Crippen LogP contribution is -2.15. The highest BCUT2D eigenvalue weighted by Gasteiger charge is 2.16. The van der Waals surface area contributed by atoms with Crippen LogP contribution in [-0.4, -0.2) is 37.2 Å². The smallest absolute Gasteiger partial charge is 0.265 e. The first-order chi connectivity index (χ1) is 14.2. The molecular formula is C19H19ClN4O4S2. The number of thiophene rings is 1. The average molecular weight is 467 g/mol. The van der Waals surface area contributed by atoms with Gasteiger partial charge < -0.3 is 10.1 Å². The molecule has 158 valence electrons. The third-order valence-corrected chi connectivity index (χ3v) is 6.63. The molecule has 0 bridgehead atoms. The number of hydrogen-bond donors (Lipinski definition) is 2. The lowest BCUT2D eigenvalue weighted by molar-refractivity contribution is 0.103. The van der Waals surface area contributed by atoms with Crippen LogP contribution in [0.3, 0.4) is 0 Å². The number of hydrogen-bond acceptors (Lipinski definition) is 7. The highest BCUT2D eigenvalue weighted by atomic mass is 35.5. The maximum atomic E-state index is 12.7. The SMILES string of the molecule is CCS(=O)(=O)Nc1cc(Cl)cc(NC(=O)c2cc(-c3ncc(OC)cn3)c(C)s2)c1. The largest absolute Gasteiger partial charge is 0.494 e. The number of benzene rings is 1. The number of ether oxygens (including phenoxy) is 1. The summed E-state index contributed by atoms with van der Waals surface area (Å²) in [6.07, 6.45) is 3.12. The molecule has 0 saturated carbocycles. The topological polar surface area (TPSA) is 110 Å². The van der Waals surface area contributed by atoms with E-state index in [1.54, 1.807) is 18.5 Å². The molecule has 3 rings (SSSR count). The summed E-state index contributed by atoms with van der Waals surface area (Å²) < 4.78 is 31.1. The molecule has 0 radical (unpaired) electrons. The molecular weight excluding hydrogens is 448 g/mol.